The molecule has 0 spiro atoms. The van der Waals surface area contributed by atoms with Gasteiger partial charge in [-0.3, -0.25) is 0 Å². The maximum Gasteiger partial charge on any atom is 0.106 e. The fourth-order valence-corrected chi connectivity index (χ4v) is 2.93. The summed E-state index contributed by atoms with van der Waals surface area (Å²) in [5.41, 5.74) is 3.01. The minimum Gasteiger partial charge on any atom is -0.370 e. The Morgan fingerprint density at radius 1 is 1.44 bits per heavy atom. The van der Waals surface area contributed by atoms with Crippen molar-refractivity contribution in [2.45, 2.75) is 33.1 Å². The lowest BCUT2D eigenvalue weighted by atomic mass is 9.98. The van der Waals surface area contributed by atoms with Gasteiger partial charge in [0.05, 0.1) is 23.0 Å². The molecule has 0 atom stereocenters. The van der Waals surface area contributed by atoms with Crippen LogP contribution in [0, 0.1) is 17.2 Å². The lowest BCUT2D eigenvalue weighted by Gasteiger charge is -2.33. The number of piperidine rings is 1. The molecular weight excluding hydrogens is 313 g/mol. The molecule has 0 unspecified atom stereocenters. The van der Waals surface area contributed by atoms with Gasteiger partial charge in [-0.05, 0) is 50.0 Å². The van der Waals surface area contributed by atoms with Gasteiger partial charge in [0.1, 0.15) is 5.83 Å². The van der Waals surface area contributed by atoms with Crippen LogP contribution in [0.15, 0.2) is 54.5 Å². The van der Waals surface area contributed by atoms with Crippen LogP contribution in [0.4, 0.5) is 15.8 Å². The highest BCUT2D eigenvalue weighted by Crippen LogP contribution is 2.32. The molecule has 4 heteroatoms. The molecule has 1 aliphatic heterocycles. The Kier molecular flexibility index (Phi) is 6.82. The molecular formula is C21H26FN3. The van der Waals surface area contributed by atoms with Crippen molar-refractivity contribution < 1.29 is 4.39 Å². The highest BCUT2D eigenvalue weighted by atomic mass is 19.1. The number of hydrogen-bond donors (Lipinski definition) is 1. The van der Waals surface area contributed by atoms with E-state index in [2.05, 4.69) is 29.8 Å². The van der Waals surface area contributed by atoms with Gasteiger partial charge in [0.2, 0.25) is 0 Å². The lowest BCUT2D eigenvalue weighted by Crippen LogP contribution is -2.33. The molecule has 25 heavy (non-hydrogen) atoms. The quantitative estimate of drug-likeness (QED) is 0.692. The number of rotatable bonds is 6. The van der Waals surface area contributed by atoms with Crippen LogP contribution in [-0.2, 0) is 0 Å². The third-order valence-electron chi connectivity index (χ3n) is 4.41. The van der Waals surface area contributed by atoms with Gasteiger partial charge in [0.15, 0.2) is 0 Å². The Morgan fingerprint density at radius 2 is 2.16 bits per heavy atom. The standard InChI is InChI=1S/C21H26FN3/c1-4-5-6-19(22)13-17(3)24-20-14-18(15-23)7-8-21(20)25-11-9-16(2)10-12-25/h4-8,14,16,24H,3,9-13H2,1-2H3/b5-4-,19-6+. The molecule has 1 aliphatic rings. The number of allylic oxidation sites excluding steroid dienone is 4. The Labute approximate surface area is 150 Å². The molecule has 0 amide bonds. The minimum atomic E-state index is -0.250. The second-order valence-electron chi connectivity index (χ2n) is 6.56. The molecule has 3 nitrogen and oxygen atoms in total. The van der Waals surface area contributed by atoms with Gasteiger partial charge < -0.3 is 10.2 Å². The fourth-order valence-electron chi connectivity index (χ4n) is 2.93. The molecule has 1 fully saturated rings. The Bertz CT molecular complexity index is 704. The first-order chi connectivity index (χ1) is 12.0. The first kappa shape index (κ1) is 18.8. The van der Waals surface area contributed by atoms with Crippen LogP contribution < -0.4 is 10.2 Å². The van der Waals surface area contributed by atoms with Crippen molar-refractivity contribution in [1.29, 1.82) is 5.26 Å². The lowest BCUT2D eigenvalue weighted by molar-refractivity contribution is 0.438. The number of benzene rings is 1. The third-order valence-corrected chi connectivity index (χ3v) is 4.41. The summed E-state index contributed by atoms with van der Waals surface area (Å²) in [4.78, 5) is 2.32. The van der Waals surface area contributed by atoms with Gasteiger partial charge >= 0.3 is 0 Å². The summed E-state index contributed by atoms with van der Waals surface area (Å²) in [5, 5.41) is 12.4. The normalized spacial score (nSPS) is 16.1. The van der Waals surface area contributed by atoms with E-state index in [1.54, 1.807) is 12.2 Å². The number of halogens is 1. The molecule has 0 saturated carbocycles. The molecule has 2 rings (SSSR count). The summed E-state index contributed by atoms with van der Waals surface area (Å²) < 4.78 is 13.8. The zero-order valence-corrected chi connectivity index (χ0v) is 15.1. The van der Waals surface area contributed by atoms with Crippen LogP contribution in [0.3, 0.4) is 0 Å². The van der Waals surface area contributed by atoms with Crippen molar-refractivity contribution in [3.63, 3.8) is 0 Å². The van der Waals surface area contributed by atoms with Crippen LogP contribution in [0.2, 0.25) is 0 Å². The first-order valence-electron chi connectivity index (χ1n) is 8.74. The van der Waals surface area contributed by atoms with Crippen molar-refractivity contribution in [1.82, 2.24) is 0 Å². The van der Waals surface area contributed by atoms with Crippen LogP contribution >= 0.6 is 0 Å². The van der Waals surface area contributed by atoms with Gasteiger partial charge in [-0.25, -0.2) is 4.39 Å². The van der Waals surface area contributed by atoms with Gasteiger partial charge in [0, 0.05) is 25.2 Å². The molecule has 1 saturated heterocycles. The molecule has 0 aromatic heterocycles. The van der Waals surface area contributed by atoms with E-state index in [9.17, 15) is 9.65 Å². The van der Waals surface area contributed by atoms with E-state index in [-0.39, 0.29) is 12.2 Å². The molecule has 1 N–H and O–H groups in total. The van der Waals surface area contributed by atoms with E-state index in [1.807, 2.05) is 25.1 Å². The molecule has 0 bridgehead atoms. The van der Waals surface area contributed by atoms with Crippen molar-refractivity contribution >= 4 is 11.4 Å². The minimum absolute atomic E-state index is 0.123. The summed E-state index contributed by atoms with van der Waals surface area (Å²) >= 11 is 0. The molecule has 132 valence electrons. The van der Waals surface area contributed by atoms with E-state index >= 15 is 0 Å². The summed E-state index contributed by atoms with van der Waals surface area (Å²) in [6, 6.07) is 7.77. The smallest absolute Gasteiger partial charge is 0.106 e. The van der Waals surface area contributed by atoms with Gasteiger partial charge in [-0.2, -0.15) is 5.26 Å². The van der Waals surface area contributed by atoms with E-state index in [0.29, 0.717) is 11.3 Å². The van der Waals surface area contributed by atoms with E-state index < -0.39 is 0 Å². The molecule has 1 aromatic rings. The van der Waals surface area contributed by atoms with Crippen molar-refractivity contribution in [2.75, 3.05) is 23.3 Å². The second-order valence-corrected chi connectivity index (χ2v) is 6.56. The number of nitriles is 1. The van der Waals surface area contributed by atoms with Crippen LogP contribution in [0.1, 0.15) is 38.7 Å². The van der Waals surface area contributed by atoms with E-state index in [4.69, 9.17) is 0 Å². The first-order valence-corrected chi connectivity index (χ1v) is 8.74. The van der Waals surface area contributed by atoms with Gasteiger partial charge in [0.25, 0.3) is 0 Å². The SMILES string of the molecule is C=C(C/C(F)=C\C=C/C)Nc1cc(C#N)ccc1N1CCC(C)CC1. The van der Waals surface area contributed by atoms with Crippen molar-refractivity contribution in [2.24, 2.45) is 5.92 Å². The zero-order chi connectivity index (χ0) is 18.2. The third kappa shape index (κ3) is 5.49. The number of hydrogen-bond acceptors (Lipinski definition) is 3. The van der Waals surface area contributed by atoms with Gasteiger partial charge in [-0.1, -0.05) is 25.7 Å². The predicted molar refractivity (Wildman–Crippen MR) is 103 cm³/mol. The monoisotopic (exact) mass is 339 g/mol. The topological polar surface area (TPSA) is 39.1 Å². The Balaban J connectivity index is 2.17. The molecule has 1 aromatic carbocycles. The van der Waals surface area contributed by atoms with Crippen molar-refractivity contribution in [3.8, 4) is 6.07 Å². The average molecular weight is 339 g/mol. The maximum atomic E-state index is 13.8. The highest BCUT2D eigenvalue weighted by molar-refractivity contribution is 5.73. The largest absolute Gasteiger partial charge is 0.370 e. The van der Waals surface area contributed by atoms with E-state index in [0.717, 1.165) is 43.2 Å². The van der Waals surface area contributed by atoms with E-state index in [1.165, 1.54) is 6.08 Å². The summed E-state index contributed by atoms with van der Waals surface area (Å²) in [5.74, 6) is 0.493. The predicted octanol–water partition coefficient (Wildman–Crippen LogP) is 5.54. The molecule has 1 heterocycles. The van der Waals surface area contributed by atoms with Crippen molar-refractivity contribution in [3.05, 3.63) is 60.1 Å². The zero-order valence-electron chi connectivity index (χ0n) is 15.1. The van der Waals surface area contributed by atoms with Crippen LogP contribution in [0.5, 0.6) is 0 Å². The Hall–Kier alpha value is -2.54. The van der Waals surface area contributed by atoms with Gasteiger partial charge in [-0.15, -0.1) is 0 Å². The summed E-state index contributed by atoms with van der Waals surface area (Å²) in [7, 11) is 0. The Morgan fingerprint density at radius 3 is 2.80 bits per heavy atom. The number of nitrogens with one attached hydrogen (secondary N) is 1. The summed E-state index contributed by atoms with van der Waals surface area (Å²) in [6.45, 7) is 10.0. The highest BCUT2D eigenvalue weighted by Gasteiger charge is 2.19. The second kappa shape index (κ2) is 9.08. The summed E-state index contributed by atoms with van der Waals surface area (Å²) in [6.07, 6.45) is 7.31. The maximum absolute atomic E-state index is 13.8. The fraction of sp³-hybridized carbons (Fsp3) is 0.381. The van der Waals surface area contributed by atoms with Crippen LogP contribution in [0.25, 0.3) is 0 Å². The molecule has 0 radical (unpaired) electrons. The number of nitrogens with zero attached hydrogens (tertiary/aromatic N) is 2. The van der Waals surface area contributed by atoms with Crippen LogP contribution in [-0.4, -0.2) is 13.1 Å². The number of anilines is 2. The average Bonchev–Trinajstić information content (AvgIpc) is 2.60. The molecule has 0 aliphatic carbocycles.